The van der Waals surface area contributed by atoms with Gasteiger partial charge in [0, 0.05) is 11.5 Å². The first-order valence-corrected chi connectivity index (χ1v) is 9.50. The molecule has 2 heteroatoms. The molecule has 0 bridgehead atoms. The van der Waals surface area contributed by atoms with Gasteiger partial charge in [0.15, 0.2) is 0 Å². The van der Waals surface area contributed by atoms with Crippen LogP contribution in [0.4, 0.5) is 0 Å². The first-order chi connectivity index (χ1) is 11.4. The van der Waals surface area contributed by atoms with E-state index in [1.54, 1.807) is 5.57 Å². The molecule has 2 nitrogen and oxygen atoms in total. The number of para-hydroxylation sites is 1. The highest BCUT2D eigenvalue weighted by atomic mass is 16.5. The van der Waals surface area contributed by atoms with Crippen LogP contribution in [-0.2, 0) is 4.74 Å². The molecule has 0 radical (unpaired) electrons. The Bertz CT molecular complexity index is 660. The molecule has 130 valence electrons. The fourth-order valence-corrected chi connectivity index (χ4v) is 5.00. The topological polar surface area (TPSA) is 18.5 Å². The van der Waals surface area contributed by atoms with Crippen molar-refractivity contribution >= 4 is 0 Å². The van der Waals surface area contributed by atoms with Crippen molar-refractivity contribution in [1.29, 1.82) is 0 Å². The molecule has 0 amide bonds. The summed E-state index contributed by atoms with van der Waals surface area (Å²) in [5.74, 6) is 2.08. The number of allylic oxidation sites excluding steroid dienone is 2. The fourth-order valence-electron chi connectivity index (χ4n) is 5.00. The minimum Gasteiger partial charge on any atom is -0.487 e. The Hall–Kier alpha value is -1.28. The van der Waals surface area contributed by atoms with E-state index in [9.17, 15) is 0 Å². The molecule has 0 N–H and O–H groups in total. The van der Waals surface area contributed by atoms with Crippen LogP contribution in [0.3, 0.4) is 0 Å². The lowest BCUT2D eigenvalue weighted by atomic mass is 9.68. The van der Waals surface area contributed by atoms with Crippen LogP contribution in [0.5, 0.6) is 5.75 Å². The van der Waals surface area contributed by atoms with E-state index in [0.29, 0.717) is 11.8 Å². The van der Waals surface area contributed by atoms with Crippen LogP contribution in [0, 0.1) is 11.8 Å². The van der Waals surface area contributed by atoms with Gasteiger partial charge >= 0.3 is 0 Å². The summed E-state index contributed by atoms with van der Waals surface area (Å²) in [4.78, 5) is 0. The van der Waals surface area contributed by atoms with E-state index in [2.05, 4.69) is 58.0 Å². The minimum absolute atomic E-state index is 0.0150. The quantitative estimate of drug-likeness (QED) is 0.604. The van der Waals surface area contributed by atoms with Gasteiger partial charge in [0.05, 0.1) is 11.7 Å². The van der Waals surface area contributed by atoms with Crippen LogP contribution in [0.2, 0.25) is 0 Å². The highest BCUT2D eigenvalue weighted by molar-refractivity contribution is 5.39. The molecule has 0 unspecified atom stereocenters. The number of fused-ring (bicyclic) bond motifs is 3. The van der Waals surface area contributed by atoms with Crippen molar-refractivity contribution in [2.45, 2.75) is 77.1 Å². The lowest BCUT2D eigenvalue weighted by Gasteiger charge is -2.54. The van der Waals surface area contributed by atoms with Crippen LogP contribution in [0.15, 0.2) is 35.9 Å². The van der Waals surface area contributed by atoms with E-state index in [1.165, 1.54) is 31.2 Å². The summed E-state index contributed by atoms with van der Waals surface area (Å²) in [6, 6.07) is 8.46. The van der Waals surface area contributed by atoms with Crippen LogP contribution in [-0.4, -0.2) is 11.2 Å². The second kappa shape index (κ2) is 5.62. The molecule has 1 aliphatic carbocycles. The first kappa shape index (κ1) is 16.2. The molecule has 4 rings (SSSR count). The first-order valence-electron chi connectivity index (χ1n) is 9.50. The molecule has 0 spiro atoms. The number of benzene rings is 1. The Balaban J connectivity index is 1.65. The molecule has 1 aromatic carbocycles. The zero-order valence-corrected chi connectivity index (χ0v) is 15.5. The van der Waals surface area contributed by atoms with Gasteiger partial charge in [0.25, 0.3) is 0 Å². The minimum atomic E-state index is -0.163. The number of ether oxygens (including phenoxy) is 2. The van der Waals surface area contributed by atoms with E-state index < -0.39 is 0 Å². The summed E-state index contributed by atoms with van der Waals surface area (Å²) in [5.41, 5.74) is 2.61. The highest BCUT2D eigenvalue weighted by Gasteiger charge is 2.52. The van der Waals surface area contributed by atoms with Crippen molar-refractivity contribution in [3.05, 3.63) is 41.5 Å². The van der Waals surface area contributed by atoms with Crippen LogP contribution < -0.4 is 4.74 Å². The summed E-state index contributed by atoms with van der Waals surface area (Å²) >= 11 is 0. The Labute approximate surface area is 146 Å². The smallest absolute Gasteiger partial charge is 0.125 e. The maximum Gasteiger partial charge on any atom is 0.125 e. The van der Waals surface area contributed by atoms with Gasteiger partial charge in [0.2, 0.25) is 0 Å². The lowest BCUT2D eigenvalue weighted by Crippen LogP contribution is -2.53. The molecular weight excluding hydrogens is 296 g/mol. The second-order valence-electron chi connectivity index (χ2n) is 8.76. The molecule has 0 saturated carbocycles. The maximum absolute atomic E-state index is 6.91. The molecule has 4 atom stereocenters. The molecule has 1 fully saturated rings. The maximum atomic E-state index is 6.91. The monoisotopic (exact) mass is 326 g/mol. The van der Waals surface area contributed by atoms with E-state index in [1.807, 2.05) is 0 Å². The van der Waals surface area contributed by atoms with Crippen LogP contribution in [0.25, 0.3) is 0 Å². The zero-order chi connectivity index (χ0) is 16.9. The van der Waals surface area contributed by atoms with Crippen molar-refractivity contribution < 1.29 is 9.47 Å². The Morgan fingerprint density at radius 2 is 1.88 bits per heavy atom. The van der Waals surface area contributed by atoms with Gasteiger partial charge < -0.3 is 9.47 Å². The van der Waals surface area contributed by atoms with Gasteiger partial charge in [-0.3, -0.25) is 0 Å². The van der Waals surface area contributed by atoms with Crippen molar-refractivity contribution in [1.82, 2.24) is 0 Å². The summed E-state index contributed by atoms with van der Waals surface area (Å²) in [6.07, 6.45) is 8.57. The second-order valence-corrected chi connectivity index (χ2v) is 8.76. The Kier molecular flexibility index (Phi) is 3.80. The van der Waals surface area contributed by atoms with E-state index in [4.69, 9.17) is 9.47 Å². The molecule has 0 aromatic heterocycles. The lowest BCUT2D eigenvalue weighted by molar-refractivity contribution is -0.210. The molecule has 24 heavy (non-hydrogen) atoms. The summed E-state index contributed by atoms with van der Waals surface area (Å²) in [5, 5.41) is 0. The predicted octanol–water partition coefficient (Wildman–Crippen LogP) is 5.83. The van der Waals surface area contributed by atoms with Gasteiger partial charge in [0.1, 0.15) is 11.4 Å². The predicted molar refractivity (Wildman–Crippen MR) is 97.2 cm³/mol. The number of hydrogen-bond acceptors (Lipinski definition) is 2. The van der Waals surface area contributed by atoms with Gasteiger partial charge in [-0.15, -0.1) is 0 Å². The third kappa shape index (κ3) is 2.60. The Morgan fingerprint density at radius 3 is 2.62 bits per heavy atom. The average Bonchev–Trinajstić information content (AvgIpc) is 2.54. The van der Waals surface area contributed by atoms with E-state index in [0.717, 1.165) is 12.2 Å². The summed E-state index contributed by atoms with van der Waals surface area (Å²) < 4.78 is 13.2. The van der Waals surface area contributed by atoms with Gasteiger partial charge in [-0.25, -0.2) is 0 Å². The fraction of sp³-hybridized carbons (Fsp3) is 0.636. The third-order valence-electron chi connectivity index (χ3n) is 6.71. The average molecular weight is 326 g/mol. The largest absolute Gasteiger partial charge is 0.487 e. The molecule has 3 aliphatic rings. The van der Waals surface area contributed by atoms with E-state index in [-0.39, 0.29) is 17.3 Å². The van der Waals surface area contributed by atoms with Crippen molar-refractivity contribution in [2.24, 2.45) is 11.8 Å². The van der Waals surface area contributed by atoms with Gasteiger partial charge in [-0.05, 0) is 71.8 Å². The third-order valence-corrected chi connectivity index (χ3v) is 6.71. The molecule has 2 aliphatic heterocycles. The van der Waals surface area contributed by atoms with Crippen molar-refractivity contribution in [3.63, 3.8) is 0 Å². The van der Waals surface area contributed by atoms with E-state index >= 15 is 0 Å². The SMILES string of the molecule is CC1=CC[C@H]([C@]2(C)CC[C@@H]3[C@H](O2)c2ccccc2OC3(C)C)CC1. The highest BCUT2D eigenvalue weighted by Crippen LogP contribution is 2.55. The zero-order valence-electron chi connectivity index (χ0n) is 15.5. The standard InChI is InChI=1S/C22H30O2/c1-15-9-11-16(12-10-15)22(4)14-13-18-20(24-22)17-7-5-6-8-19(17)23-21(18,2)3/h5-9,16,18,20H,10-14H2,1-4H3/t16-,18+,20+,22-/m0/s1. The Morgan fingerprint density at radius 1 is 1.08 bits per heavy atom. The van der Waals surface area contributed by atoms with Crippen LogP contribution in [0.1, 0.15) is 71.5 Å². The summed E-state index contributed by atoms with van der Waals surface area (Å²) in [7, 11) is 0. The molecule has 1 aromatic rings. The summed E-state index contributed by atoms with van der Waals surface area (Å²) in [6.45, 7) is 9.06. The van der Waals surface area contributed by atoms with Gasteiger partial charge in [-0.2, -0.15) is 0 Å². The normalized spacial score (nSPS) is 37.7. The van der Waals surface area contributed by atoms with Crippen molar-refractivity contribution in [3.8, 4) is 5.75 Å². The van der Waals surface area contributed by atoms with Gasteiger partial charge in [-0.1, -0.05) is 29.8 Å². The van der Waals surface area contributed by atoms with Crippen LogP contribution >= 0.6 is 0 Å². The number of hydrogen-bond donors (Lipinski definition) is 0. The molecule has 2 heterocycles. The number of rotatable bonds is 1. The van der Waals surface area contributed by atoms with Crippen molar-refractivity contribution in [2.75, 3.05) is 0 Å². The molecular formula is C22H30O2. The molecule has 1 saturated heterocycles.